The Morgan fingerprint density at radius 1 is 1.12 bits per heavy atom. The summed E-state index contributed by atoms with van der Waals surface area (Å²) in [7, 11) is 0. The van der Waals surface area contributed by atoms with Crippen molar-refractivity contribution in [2.75, 3.05) is 0 Å². The van der Waals surface area contributed by atoms with Crippen molar-refractivity contribution in [3.05, 3.63) is 41.0 Å². The van der Waals surface area contributed by atoms with Gasteiger partial charge in [0, 0.05) is 22.5 Å². The van der Waals surface area contributed by atoms with Crippen molar-refractivity contribution < 1.29 is 9.90 Å². The fourth-order valence-electron chi connectivity index (χ4n) is 4.28. The van der Waals surface area contributed by atoms with Crippen LogP contribution in [-0.4, -0.2) is 21.6 Å². The number of nitrogens with one attached hydrogen (secondary N) is 1. The van der Waals surface area contributed by atoms with Crippen LogP contribution < -0.4 is 5.32 Å². The maximum atomic E-state index is 11.5. The predicted molar refractivity (Wildman–Crippen MR) is 94.1 cm³/mol. The van der Waals surface area contributed by atoms with Gasteiger partial charge in [-0.15, -0.1) is 0 Å². The maximum absolute atomic E-state index is 11.5. The molecule has 5 heteroatoms. The van der Waals surface area contributed by atoms with Crippen molar-refractivity contribution in [1.29, 1.82) is 0 Å². The molecule has 1 heterocycles. The first kappa shape index (κ1) is 15.9. The topological polar surface area (TPSA) is 62.2 Å². The van der Waals surface area contributed by atoms with Gasteiger partial charge in [-0.3, -0.25) is 9.78 Å². The van der Waals surface area contributed by atoms with Gasteiger partial charge in [-0.25, -0.2) is 0 Å². The molecule has 0 unspecified atom stereocenters. The van der Waals surface area contributed by atoms with Crippen LogP contribution in [0.3, 0.4) is 0 Å². The second-order valence-electron chi connectivity index (χ2n) is 7.36. The van der Waals surface area contributed by atoms with Crippen molar-refractivity contribution in [2.24, 2.45) is 5.41 Å². The minimum Gasteiger partial charge on any atom is -0.481 e. The van der Waals surface area contributed by atoms with E-state index in [1.807, 2.05) is 24.3 Å². The molecule has 3 saturated carbocycles. The lowest BCUT2D eigenvalue weighted by Crippen LogP contribution is -2.56. The van der Waals surface area contributed by atoms with E-state index in [1.165, 1.54) is 0 Å². The largest absolute Gasteiger partial charge is 0.481 e. The Kier molecular flexibility index (Phi) is 3.77. The Bertz CT molecular complexity index is 781. The van der Waals surface area contributed by atoms with E-state index in [2.05, 4.69) is 11.4 Å². The molecule has 1 aromatic carbocycles. The van der Waals surface area contributed by atoms with Crippen molar-refractivity contribution in [2.45, 2.75) is 50.6 Å². The quantitative estimate of drug-likeness (QED) is 0.874. The van der Waals surface area contributed by atoms with E-state index in [0.717, 1.165) is 55.1 Å². The highest BCUT2D eigenvalue weighted by Crippen LogP contribution is 2.52. The summed E-state index contributed by atoms with van der Waals surface area (Å²) in [6.07, 6.45) is 5.19. The van der Waals surface area contributed by atoms with Crippen LogP contribution >= 0.6 is 11.6 Å². The zero-order chi connectivity index (χ0) is 16.8. The van der Waals surface area contributed by atoms with Crippen molar-refractivity contribution in [1.82, 2.24) is 10.3 Å². The van der Waals surface area contributed by atoms with Crippen molar-refractivity contribution >= 4 is 28.5 Å². The van der Waals surface area contributed by atoms with Crippen LogP contribution in [0.1, 0.15) is 44.2 Å². The normalized spacial score (nSPS) is 29.0. The first-order valence-corrected chi connectivity index (χ1v) is 8.92. The number of aromatic nitrogens is 1. The number of aliphatic carboxylic acids is 1. The number of carboxylic acid groups (broad SMARTS) is 1. The number of nitrogens with zero attached hydrogens (tertiary/aromatic N) is 1. The average molecular weight is 345 g/mol. The number of hydrogen-bond acceptors (Lipinski definition) is 3. The third-order valence-corrected chi connectivity index (χ3v) is 6.29. The van der Waals surface area contributed by atoms with Gasteiger partial charge in [-0.2, -0.15) is 0 Å². The number of carbonyl (C=O) groups is 1. The van der Waals surface area contributed by atoms with E-state index in [4.69, 9.17) is 16.6 Å². The monoisotopic (exact) mass is 344 g/mol. The molecule has 0 radical (unpaired) electrons. The maximum Gasteiger partial charge on any atom is 0.309 e. The van der Waals surface area contributed by atoms with Gasteiger partial charge in [0.15, 0.2) is 0 Å². The molecular formula is C19H21ClN2O2. The molecule has 126 valence electrons. The summed E-state index contributed by atoms with van der Waals surface area (Å²) in [6.45, 7) is 0.711. The summed E-state index contributed by atoms with van der Waals surface area (Å²) < 4.78 is 0. The van der Waals surface area contributed by atoms with Crippen LogP contribution in [-0.2, 0) is 11.3 Å². The number of benzene rings is 1. The van der Waals surface area contributed by atoms with Crippen LogP contribution in [0.25, 0.3) is 10.9 Å². The van der Waals surface area contributed by atoms with Gasteiger partial charge in [-0.05, 0) is 56.7 Å². The molecule has 0 amide bonds. The molecular weight excluding hydrogens is 324 g/mol. The molecule has 3 aliphatic rings. The van der Waals surface area contributed by atoms with E-state index in [1.54, 1.807) is 0 Å². The minimum absolute atomic E-state index is 0.0855. The van der Waals surface area contributed by atoms with E-state index < -0.39 is 11.4 Å². The van der Waals surface area contributed by atoms with E-state index in [0.29, 0.717) is 11.6 Å². The van der Waals surface area contributed by atoms with Gasteiger partial charge in [0.05, 0.1) is 16.6 Å². The van der Waals surface area contributed by atoms with Gasteiger partial charge in [0.2, 0.25) is 0 Å². The summed E-state index contributed by atoms with van der Waals surface area (Å²) in [5, 5.41) is 15.0. The Morgan fingerprint density at radius 3 is 2.46 bits per heavy atom. The molecule has 24 heavy (non-hydrogen) atoms. The molecule has 4 nitrogen and oxygen atoms in total. The Hall–Kier alpha value is -1.65. The number of halogens is 1. The summed E-state index contributed by atoms with van der Waals surface area (Å²) in [4.78, 5) is 16.2. The number of pyridine rings is 1. The Balaban J connectivity index is 1.47. The van der Waals surface area contributed by atoms with Gasteiger partial charge < -0.3 is 10.4 Å². The highest BCUT2D eigenvalue weighted by atomic mass is 35.5. The first-order valence-electron chi connectivity index (χ1n) is 8.54. The summed E-state index contributed by atoms with van der Waals surface area (Å²) in [5.41, 5.74) is 1.54. The fraction of sp³-hybridized carbons (Fsp3) is 0.474. The average Bonchev–Trinajstić information content (AvgIpc) is 2.61. The van der Waals surface area contributed by atoms with E-state index in [9.17, 15) is 9.90 Å². The molecule has 2 N–H and O–H groups in total. The smallest absolute Gasteiger partial charge is 0.309 e. The molecule has 2 bridgehead atoms. The lowest BCUT2D eigenvalue weighted by atomic mass is 9.57. The predicted octanol–water partition coefficient (Wildman–Crippen LogP) is 4.16. The molecule has 0 aliphatic heterocycles. The van der Waals surface area contributed by atoms with Crippen molar-refractivity contribution in [3.63, 3.8) is 0 Å². The minimum atomic E-state index is -0.608. The summed E-state index contributed by atoms with van der Waals surface area (Å²) in [6, 6.07) is 9.87. The number of carboxylic acids is 1. The van der Waals surface area contributed by atoms with E-state index in [-0.39, 0.29) is 5.54 Å². The molecule has 2 aromatic rings. The van der Waals surface area contributed by atoms with E-state index >= 15 is 0 Å². The lowest BCUT2D eigenvalue weighted by molar-refractivity contribution is -0.156. The Morgan fingerprint density at radius 2 is 1.79 bits per heavy atom. The third kappa shape index (κ3) is 2.68. The second kappa shape index (κ2) is 5.71. The first-order chi connectivity index (χ1) is 11.5. The third-order valence-electron chi connectivity index (χ3n) is 6.06. The van der Waals surface area contributed by atoms with Gasteiger partial charge in [0.1, 0.15) is 0 Å². The zero-order valence-corrected chi connectivity index (χ0v) is 14.3. The van der Waals surface area contributed by atoms with Gasteiger partial charge in [-0.1, -0.05) is 23.7 Å². The molecule has 0 saturated heterocycles. The zero-order valence-electron chi connectivity index (χ0n) is 13.5. The summed E-state index contributed by atoms with van der Waals surface area (Å²) in [5.74, 6) is -0.608. The summed E-state index contributed by atoms with van der Waals surface area (Å²) >= 11 is 6.05. The molecule has 0 atom stereocenters. The fourth-order valence-corrected chi connectivity index (χ4v) is 4.45. The molecule has 3 fully saturated rings. The lowest BCUT2D eigenvalue weighted by Gasteiger charge is -2.51. The number of hydrogen-bond donors (Lipinski definition) is 2. The number of rotatable bonds is 4. The SMILES string of the molecule is O=C(O)C12CCC(NCc3ccc4ccc(Cl)cc4n3)(CC1)CC2. The van der Waals surface area contributed by atoms with Gasteiger partial charge >= 0.3 is 5.97 Å². The molecule has 1 aromatic heterocycles. The van der Waals surface area contributed by atoms with Crippen LogP contribution in [0.5, 0.6) is 0 Å². The Labute approximate surface area is 146 Å². The highest BCUT2D eigenvalue weighted by molar-refractivity contribution is 6.31. The van der Waals surface area contributed by atoms with Crippen LogP contribution in [0.2, 0.25) is 5.02 Å². The molecule has 3 aliphatic carbocycles. The van der Waals surface area contributed by atoms with Gasteiger partial charge in [0.25, 0.3) is 0 Å². The van der Waals surface area contributed by atoms with Crippen LogP contribution in [0.4, 0.5) is 0 Å². The van der Waals surface area contributed by atoms with Crippen LogP contribution in [0.15, 0.2) is 30.3 Å². The molecule has 0 spiro atoms. The highest BCUT2D eigenvalue weighted by Gasteiger charge is 2.52. The van der Waals surface area contributed by atoms with Crippen molar-refractivity contribution in [3.8, 4) is 0 Å². The van der Waals surface area contributed by atoms with Crippen LogP contribution in [0, 0.1) is 5.41 Å². The molecule has 5 rings (SSSR count). The second-order valence-corrected chi connectivity index (χ2v) is 7.80. The standard InChI is InChI=1S/C19H21ClN2O2/c20-14-3-1-13-2-4-15(22-16(13)11-14)12-21-19-8-5-18(6-9-19,7-10-19)17(23)24/h1-4,11,21H,5-10,12H2,(H,23,24). The number of fused-ring (bicyclic) bond motifs is 4.